The Morgan fingerprint density at radius 2 is 2.21 bits per heavy atom. The van der Waals surface area contributed by atoms with E-state index in [-0.39, 0.29) is 0 Å². The summed E-state index contributed by atoms with van der Waals surface area (Å²) in [5.74, 6) is 0. The minimum atomic E-state index is 0.871. The molecule has 3 nitrogen and oxygen atoms in total. The highest BCUT2D eigenvalue weighted by molar-refractivity contribution is 7.12. The monoisotopic (exact) mass is 267 g/mol. The molecule has 4 heteroatoms. The molecular formula is C15H13N3S. The Balaban J connectivity index is 1.71. The number of aryl methyl sites for hydroxylation is 1. The lowest BCUT2D eigenvalue weighted by Gasteiger charge is -2.00. The third-order valence-corrected chi connectivity index (χ3v) is 4.67. The lowest BCUT2D eigenvalue weighted by Crippen LogP contribution is -1.95. The van der Waals surface area contributed by atoms with E-state index in [1.54, 1.807) is 0 Å². The predicted octanol–water partition coefficient (Wildman–Crippen LogP) is 3.04. The molecule has 0 radical (unpaired) electrons. The van der Waals surface area contributed by atoms with Gasteiger partial charge in [0.25, 0.3) is 0 Å². The van der Waals surface area contributed by atoms with Gasteiger partial charge in [-0.2, -0.15) is 0 Å². The molecule has 0 bridgehead atoms. The van der Waals surface area contributed by atoms with Gasteiger partial charge >= 0.3 is 0 Å². The first-order chi connectivity index (χ1) is 9.31. The summed E-state index contributed by atoms with van der Waals surface area (Å²) in [4.78, 5) is 10.4. The van der Waals surface area contributed by atoms with Crippen molar-refractivity contribution in [2.24, 2.45) is 7.05 Å². The number of hydrogen-bond donors (Lipinski definition) is 0. The van der Waals surface area contributed by atoms with E-state index in [1.807, 2.05) is 30.9 Å². The number of benzene rings is 1. The fourth-order valence-corrected chi connectivity index (χ4v) is 3.72. The van der Waals surface area contributed by atoms with E-state index in [1.165, 1.54) is 32.4 Å². The molecule has 0 amide bonds. The Morgan fingerprint density at radius 1 is 1.32 bits per heavy atom. The van der Waals surface area contributed by atoms with Gasteiger partial charge in [0.05, 0.1) is 17.0 Å². The highest BCUT2D eigenvalue weighted by atomic mass is 32.1. The minimum absolute atomic E-state index is 0.871. The maximum absolute atomic E-state index is 4.83. The number of hydrogen-bond acceptors (Lipinski definition) is 3. The second-order valence-corrected chi connectivity index (χ2v) is 6.05. The first-order valence-corrected chi connectivity index (χ1v) is 7.15. The van der Waals surface area contributed by atoms with Crippen LogP contribution in [-0.4, -0.2) is 14.5 Å². The number of nitrogens with zero attached hydrogens (tertiary/aromatic N) is 3. The Hall–Kier alpha value is -1.94. The second kappa shape index (κ2) is 4.03. The summed E-state index contributed by atoms with van der Waals surface area (Å²) in [6.07, 6.45) is 5.66. The van der Waals surface area contributed by atoms with Crippen molar-refractivity contribution in [3.8, 4) is 11.3 Å². The lowest BCUT2D eigenvalue weighted by atomic mass is 10.1. The lowest BCUT2D eigenvalue weighted by molar-refractivity contribution is 0.842. The molecule has 1 aromatic carbocycles. The molecule has 0 unspecified atom stereocenters. The molecule has 19 heavy (non-hydrogen) atoms. The third kappa shape index (κ3) is 1.71. The van der Waals surface area contributed by atoms with Crippen molar-refractivity contribution >= 4 is 11.3 Å². The van der Waals surface area contributed by atoms with Crippen LogP contribution in [0.3, 0.4) is 0 Å². The van der Waals surface area contributed by atoms with Crippen molar-refractivity contribution < 1.29 is 0 Å². The van der Waals surface area contributed by atoms with Crippen molar-refractivity contribution in [1.82, 2.24) is 14.5 Å². The van der Waals surface area contributed by atoms with Crippen molar-refractivity contribution in [2.45, 2.75) is 12.8 Å². The summed E-state index contributed by atoms with van der Waals surface area (Å²) in [6.45, 7) is 0. The van der Waals surface area contributed by atoms with Gasteiger partial charge in [0.2, 0.25) is 0 Å². The zero-order valence-electron chi connectivity index (χ0n) is 10.6. The summed E-state index contributed by atoms with van der Waals surface area (Å²) in [5, 5.41) is 1.18. The fourth-order valence-electron chi connectivity index (χ4n) is 2.59. The van der Waals surface area contributed by atoms with E-state index >= 15 is 0 Å². The fraction of sp³-hybridized carbons (Fsp3) is 0.200. The van der Waals surface area contributed by atoms with Gasteiger partial charge in [0, 0.05) is 42.2 Å². The molecule has 0 spiro atoms. The van der Waals surface area contributed by atoms with Crippen LogP contribution in [0, 0.1) is 0 Å². The van der Waals surface area contributed by atoms with Gasteiger partial charge in [-0.1, -0.05) is 24.3 Å². The number of rotatable bonds is 2. The molecule has 1 aliphatic carbocycles. The maximum atomic E-state index is 4.83. The summed E-state index contributed by atoms with van der Waals surface area (Å²) in [7, 11) is 2.03. The average Bonchev–Trinajstić information content (AvgIpc) is 3.05. The van der Waals surface area contributed by atoms with Crippen LogP contribution >= 0.6 is 11.3 Å². The number of fused-ring (bicyclic) bond motifs is 3. The SMILES string of the molecule is Cn1cncc1Cc1nc2c(s1)Cc1ccccc1-2. The van der Waals surface area contributed by atoms with Crippen molar-refractivity contribution in [1.29, 1.82) is 0 Å². The zero-order valence-corrected chi connectivity index (χ0v) is 11.4. The van der Waals surface area contributed by atoms with E-state index in [0.717, 1.165) is 12.8 Å². The van der Waals surface area contributed by atoms with Crippen LogP contribution < -0.4 is 0 Å². The van der Waals surface area contributed by atoms with E-state index in [9.17, 15) is 0 Å². The smallest absolute Gasteiger partial charge is 0.0995 e. The van der Waals surface area contributed by atoms with E-state index in [2.05, 4.69) is 33.8 Å². The van der Waals surface area contributed by atoms with Gasteiger partial charge in [-0.3, -0.25) is 0 Å². The highest BCUT2D eigenvalue weighted by Gasteiger charge is 2.22. The quantitative estimate of drug-likeness (QED) is 0.559. The van der Waals surface area contributed by atoms with Gasteiger partial charge < -0.3 is 4.57 Å². The van der Waals surface area contributed by atoms with Gasteiger partial charge in [0.1, 0.15) is 0 Å². The third-order valence-electron chi connectivity index (χ3n) is 3.61. The molecule has 0 aliphatic heterocycles. The molecular weight excluding hydrogens is 254 g/mol. The largest absolute Gasteiger partial charge is 0.337 e. The molecule has 0 N–H and O–H groups in total. The minimum Gasteiger partial charge on any atom is -0.337 e. The Morgan fingerprint density at radius 3 is 3.05 bits per heavy atom. The topological polar surface area (TPSA) is 30.7 Å². The van der Waals surface area contributed by atoms with Crippen LogP contribution in [0.25, 0.3) is 11.3 Å². The average molecular weight is 267 g/mol. The molecule has 0 saturated heterocycles. The second-order valence-electron chi connectivity index (χ2n) is 4.89. The molecule has 94 valence electrons. The molecule has 2 aromatic heterocycles. The van der Waals surface area contributed by atoms with Crippen LogP contribution in [0.1, 0.15) is 21.1 Å². The summed E-state index contributed by atoms with van der Waals surface area (Å²) < 4.78 is 2.06. The Kier molecular flexibility index (Phi) is 2.32. The zero-order chi connectivity index (χ0) is 12.8. The molecule has 0 fully saturated rings. The summed E-state index contributed by atoms with van der Waals surface area (Å²) >= 11 is 1.83. The van der Waals surface area contributed by atoms with Crippen molar-refractivity contribution in [3.05, 3.63) is 57.9 Å². The first kappa shape index (κ1) is 10.9. The molecule has 0 saturated carbocycles. The number of aromatic nitrogens is 3. The van der Waals surface area contributed by atoms with E-state index < -0.39 is 0 Å². The van der Waals surface area contributed by atoms with Crippen LogP contribution in [0.4, 0.5) is 0 Å². The molecule has 4 rings (SSSR count). The standard InChI is InChI=1S/C15H13N3S/c1-18-9-16-8-11(18)7-14-17-15-12-5-3-2-4-10(12)6-13(15)19-14/h2-5,8-9H,6-7H2,1H3. The maximum Gasteiger partial charge on any atom is 0.0995 e. The van der Waals surface area contributed by atoms with Crippen LogP contribution in [-0.2, 0) is 19.9 Å². The molecule has 0 atom stereocenters. The normalized spacial score (nSPS) is 12.5. The van der Waals surface area contributed by atoms with Crippen LogP contribution in [0.15, 0.2) is 36.8 Å². The van der Waals surface area contributed by atoms with Gasteiger partial charge in [-0.05, 0) is 5.56 Å². The first-order valence-electron chi connectivity index (χ1n) is 6.33. The Bertz CT molecular complexity index is 754. The van der Waals surface area contributed by atoms with Crippen LogP contribution in [0.2, 0.25) is 0 Å². The van der Waals surface area contributed by atoms with E-state index in [4.69, 9.17) is 4.98 Å². The van der Waals surface area contributed by atoms with Gasteiger partial charge in [0.15, 0.2) is 0 Å². The highest BCUT2D eigenvalue weighted by Crippen LogP contribution is 2.39. The van der Waals surface area contributed by atoms with Crippen LogP contribution in [0.5, 0.6) is 0 Å². The number of imidazole rings is 1. The summed E-state index contributed by atoms with van der Waals surface area (Å²) in [6, 6.07) is 8.57. The van der Waals surface area contributed by atoms with Crippen molar-refractivity contribution in [3.63, 3.8) is 0 Å². The van der Waals surface area contributed by atoms with Gasteiger partial charge in [-0.25, -0.2) is 9.97 Å². The van der Waals surface area contributed by atoms with Crippen molar-refractivity contribution in [2.75, 3.05) is 0 Å². The molecule has 1 aliphatic rings. The Labute approximate surface area is 115 Å². The molecule has 3 aromatic rings. The molecule has 2 heterocycles. The summed E-state index contributed by atoms with van der Waals surface area (Å²) in [5.41, 5.74) is 5.12. The predicted molar refractivity (Wildman–Crippen MR) is 76.4 cm³/mol. The van der Waals surface area contributed by atoms with E-state index in [0.29, 0.717) is 0 Å². The number of thiazole rings is 1. The van der Waals surface area contributed by atoms with Gasteiger partial charge in [-0.15, -0.1) is 11.3 Å².